The molecule has 0 aromatic heterocycles. The average Bonchev–Trinajstić information content (AvgIpc) is 2.20. The van der Waals surface area contributed by atoms with Crippen LogP contribution in [0.4, 0.5) is 0 Å². The largest absolute Gasteiger partial charge is 0.369 e. The minimum absolute atomic E-state index is 0.175. The molecule has 0 saturated carbocycles. The smallest absolute Gasteiger partial charge is 0.231 e. The second-order valence-corrected chi connectivity index (χ2v) is 4.66. The summed E-state index contributed by atoms with van der Waals surface area (Å²) < 4.78 is 0. The Balaban J connectivity index is 2.30. The van der Waals surface area contributed by atoms with Crippen molar-refractivity contribution in [1.82, 2.24) is 9.80 Å². The number of piperidine rings is 1. The van der Waals surface area contributed by atoms with E-state index >= 15 is 0 Å². The van der Waals surface area contributed by atoms with E-state index in [9.17, 15) is 9.59 Å². The number of hydrogen-bond acceptors (Lipinski definition) is 3. The predicted molar refractivity (Wildman–Crippen MR) is 61.7 cm³/mol. The summed E-state index contributed by atoms with van der Waals surface area (Å²) in [5.41, 5.74) is 4.99. The lowest BCUT2D eigenvalue weighted by Crippen LogP contribution is -2.39. The van der Waals surface area contributed by atoms with Gasteiger partial charge in [0.05, 0.1) is 0 Å². The third-order valence-electron chi connectivity index (χ3n) is 3.12. The van der Waals surface area contributed by atoms with E-state index in [2.05, 4.69) is 11.9 Å². The molecule has 1 heterocycles. The van der Waals surface area contributed by atoms with Crippen molar-refractivity contribution < 1.29 is 9.59 Å². The quantitative estimate of drug-likeness (QED) is 0.668. The minimum Gasteiger partial charge on any atom is -0.369 e. The summed E-state index contributed by atoms with van der Waals surface area (Å²) in [4.78, 5) is 26.0. The monoisotopic (exact) mass is 227 g/mol. The summed E-state index contributed by atoms with van der Waals surface area (Å²) in [7, 11) is 3.85. The van der Waals surface area contributed by atoms with Gasteiger partial charge in [-0.25, -0.2) is 0 Å². The molecule has 0 atom stereocenters. The first kappa shape index (κ1) is 13.0. The molecule has 1 aliphatic rings. The summed E-state index contributed by atoms with van der Waals surface area (Å²) in [5.74, 6) is -0.176. The maximum absolute atomic E-state index is 11.5. The number of carbonyl (C=O) groups excluding carboxylic acids is 2. The van der Waals surface area contributed by atoms with Crippen LogP contribution in [0.5, 0.6) is 0 Å². The van der Waals surface area contributed by atoms with Gasteiger partial charge < -0.3 is 15.5 Å². The third-order valence-corrected chi connectivity index (χ3v) is 3.12. The summed E-state index contributed by atoms with van der Waals surface area (Å²) in [5, 5.41) is 0. The van der Waals surface area contributed by atoms with Crippen molar-refractivity contribution in [3.8, 4) is 0 Å². The van der Waals surface area contributed by atoms with Crippen LogP contribution in [0.3, 0.4) is 0 Å². The fourth-order valence-corrected chi connectivity index (χ4v) is 2.02. The van der Waals surface area contributed by atoms with Crippen molar-refractivity contribution >= 4 is 11.8 Å². The van der Waals surface area contributed by atoms with Gasteiger partial charge in [-0.3, -0.25) is 9.59 Å². The molecular formula is C11H21N3O2. The first-order chi connectivity index (χ1) is 7.49. The number of amides is 2. The van der Waals surface area contributed by atoms with Crippen LogP contribution in [0.1, 0.15) is 19.3 Å². The molecule has 5 heteroatoms. The lowest BCUT2D eigenvalue weighted by Gasteiger charge is -2.31. The molecule has 1 fully saturated rings. The highest BCUT2D eigenvalue weighted by atomic mass is 16.2. The van der Waals surface area contributed by atoms with Crippen LogP contribution in [-0.4, -0.2) is 55.3 Å². The Morgan fingerprint density at radius 3 is 2.44 bits per heavy atom. The van der Waals surface area contributed by atoms with E-state index in [-0.39, 0.29) is 12.3 Å². The van der Waals surface area contributed by atoms with Gasteiger partial charge in [-0.15, -0.1) is 0 Å². The van der Waals surface area contributed by atoms with Crippen molar-refractivity contribution in [1.29, 1.82) is 0 Å². The lowest BCUT2D eigenvalue weighted by atomic mass is 9.96. The lowest BCUT2D eigenvalue weighted by molar-refractivity contribution is -0.134. The second kappa shape index (κ2) is 5.84. The molecule has 0 radical (unpaired) electrons. The first-order valence-corrected chi connectivity index (χ1v) is 5.70. The predicted octanol–water partition coefficient (Wildman–Crippen LogP) is -0.338. The van der Waals surface area contributed by atoms with Gasteiger partial charge in [0.25, 0.3) is 0 Å². The number of nitrogens with zero attached hydrogens (tertiary/aromatic N) is 2. The van der Waals surface area contributed by atoms with Crippen molar-refractivity contribution in [2.75, 3.05) is 33.7 Å². The topological polar surface area (TPSA) is 66.6 Å². The van der Waals surface area contributed by atoms with Crippen molar-refractivity contribution in [3.05, 3.63) is 0 Å². The fourth-order valence-electron chi connectivity index (χ4n) is 2.02. The van der Waals surface area contributed by atoms with E-state index in [0.717, 1.165) is 32.5 Å². The second-order valence-electron chi connectivity index (χ2n) is 4.66. The van der Waals surface area contributed by atoms with Gasteiger partial charge in [-0.1, -0.05) is 0 Å². The molecule has 92 valence electrons. The van der Waals surface area contributed by atoms with Gasteiger partial charge in [0.2, 0.25) is 11.8 Å². The fraction of sp³-hybridized carbons (Fsp3) is 0.818. The van der Waals surface area contributed by atoms with Crippen LogP contribution in [0.25, 0.3) is 0 Å². The van der Waals surface area contributed by atoms with Gasteiger partial charge in [0, 0.05) is 13.6 Å². The SMILES string of the molecule is CN1CCC(CN(C)C(=O)CC(N)=O)CC1. The van der Waals surface area contributed by atoms with E-state index in [1.165, 1.54) is 0 Å². The molecule has 1 aliphatic heterocycles. The number of carbonyl (C=O) groups is 2. The number of primary amides is 1. The molecule has 16 heavy (non-hydrogen) atoms. The molecule has 0 unspecified atom stereocenters. The van der Waals surface area contributed by atoms with Gasteiger partial charge in [-0.2, -0.15) is 0 Å². The summed E-state index contributed by atoms with van der Waals surface area (Å²) in [6.07, 6.45) is 2.05. The van der Waals surface area contributed by atoms with Crippen molar-refractivity contribution in [2.45, 2.75) is 19.3 Å². The van der Waals surface area contributed by atoms with E-state index < -0.39 is 5.91 Å². The van der Waals surface area contributed by atoms with Crippen LogP contribution in [0.15, 0.2) is 0 Å². The molecule has 5 nitrogen and oxygen atoms in total. The van der Waals surface area contributed by atoms with E-state index in [0.29, 0.717) is 5.92 Å². The zero-order valence-electron chi connectivity index (χ0n) is 10.1. The molecular weight excluding hydrogens is 206 g/mol. The molecule has 0 aliphatic carbocycles. The van der Waals surface area contributed by atoms with Gasteiger partial charge in [-0.05, 0) is 38.9 Å². The Morgan fingerprint density at radius 1 is 1.38 bits per heavy atom. The van der Waals surface area contributed by atoms with Gasteiger partial charge in [0.15, 0.2) is 0 Å². The molecule has 1 saturated heterocycles. The first-order valence-electron chi connectivity index (χ1n) is 5.70. The molecule has 2 amide bonds. The normalized spacial score (nSPS) is 18.4. The maximum atomic E-state index is 11.5. The Morgan fingerprint density at radius 2 is 1.94 bits per heavy atom. The highest BCUT2D eigenvalue weighted by Gasteiger charge is 2.20. The Kier molecular flexibility index (Phi) is 4.73. The summed E-state index contributed by atoms with van der Waals surface area (Å²) in [6, 6.07) is 0. The van der Waals surface area contributed by atoms with Crippen LogP contribution in [0, 0.1) is 5.92 Å². The molecule has 2 N–H and O–H groups in total. The van der Waals surface area contributed by atoms with Gasteiger partial charge in [0.1, 0.15) is 6.42 Å². The van der Waals surface area contributed by atoms with Crippen LogP contribution in [0.2, 0.25) is 0 Å². The number of nitrogens with two attached hydrogens (primary N) is 1. The molecule has 0 aromatic rings. The third kappa shape index (κ3) is 4.18. The van der Waals surface area contributed by atoms with Crippen LogP contribution < -0.4 is 5.73 Å². The minimum atomic E-state index is -0.555. The molecule has 0 bridgehead atoms. The summed E-state index contributed by atoms with van der Waals surface area (Å²) >= 11 is 0. The van der Waals surface area contributed by atoms with Crippen molar-refractivity contribution in [2.24, 2.45) is 11.7 Å². The Labute approximate surface area is 96.6 Å². The number of hydrogen-bond donors (Lipinski definition) is 1. The zero-order chi connectivity index (χ0) is 12.1. The van der Waals surface area contributed by atoms with E-state index in [1.54, 1.807) is 11.9 Å². The summed E-state index contributed by atoms with van der Waals surface area (Å²) in [6.45, 7) is 2.91. The maximum Gasteiger partial charge on any atom is 0.231 e. The van der Waals surface area contributed by atoms with Crippen LogP contribution in [-0.2, 0) is 9.59 Å². The van der Waals surface area contributed by atoms with Crippen molar-refractivity contribution in [3.63, 3.8) is 0 Å². The standard InChI is InChI=1S/C11H21N3O2/c1-13-5-3-9(4-6-13)8-14(2)11(16)7-10(12)15/h9H,3-8H2,1-2H3,(H2,12,15). The molecule has 1 rings (SSSR count). The Hall–Kier alpha value is -1.10. The Bertz CT molecular complexity index is 260. The average molecular weight is 227 g/mol. The number of likely N-dealkylation sites (tertiary alicyclic amines) is 1. The number of rotatable bonds is 4. The molecule has 0 aromatic carbocycles. The van der Waals surface area contributed by atoms with Gasteiger partial charge >= 0.3 is 0 Å². The highest BCUT2D eigenvalue weighted by Crippen LogP contribution is 2.16. The molecule has 0 spiro atoms. The van der Waals surface area contributed by atoms with E-state index in [1.807, 2.05) is 0 Å². The van der Waals surface area contributed by atoms with Crippen LogP contribution >= 0.6 is 0 Å². The highest BCUT2D eigenvalue weighted by molar-refractivity contribution is 5.95. The van der Waals surface area contributed by atoms with E-state index in [4.69, 9.17) is 5.73 Å². The zero-order valence-corrected chi connectivity index (χ0v) is 10.1.